The number of hydrogen-bond acceptors (Lipinski definition) is 5. The van der Waals surface area contributed by atoms with Crippen LogP contribution in [0.1, 0.15) is 25.5 Å². The Morgan fingerprint density at radius 3 is 2.75 bits per heavy atom. The highest BCUT2D eigenvalue weighted by atomic mass is 16.2. The van der Waals surface area contributed by atoms with Crippen LogP contribution in [0.2, 0.25) is 0 Å². The van der Waals surface area contributed by atoms with Gasteiger partial charge >= 0.3 is 0 Å². The van der Waals surface area contributed by atoms with Crippen LogP contribution >= 0.6 is 0 Å². The van der Waals surface area contributed by atoms with Gasteiger partial charge in [0, 0.05) is 45.0 Å². The third-order valence-corrected chi connectivity index (χ3v) is 3.50. The molecule has 0 bridgehead atoms. The molecule has 0 radical (unpaired) electrons. The van der Waals surface area contributed by atoms with Crippen molar-refractivity contribution < 1.29 is 4.79 Å². The number of hydrogen-bond donors (Lipinski definition) is 1. The largest absolute Gasteiger partial charge is 0.350 e. The molecule has 1 aliphatic rings. The van der Waals surface area contributed by atoms with E-state index in [1.165, 1.54) is 0 Å². The first kappa shape index (κ1) is 14.7. The van der Waals surface area contributed by atoms with Crippen molar-refractivity contribution in [2.24, 2.45) is 0 Å². The van der Waals surface area contributed by atoms with E-state index in [9.17, 15) is 4.79 Å². The van der Waals surface area contributed by atoms with Gasteiger partial charge < -0.3 is 15.1 Å². The van der Waals surface area contributed by atoms with Crippen LogP contribution in [0.25, 0.3) is 0 Å². The zero-order valence-electron chi connectivity index (χ0n) is 12.5. The topological polar surface area (TPSA) is 61.4 Å². The van der Waals surface area contributed by atoms with Gasteiger partial charge in [-0.3, -0.25) is 4.79 Å². The average molecular weight is 277 g/mol. The second-order valence-corrected chi connectivity index (χ2v) is 5.44. The normalized spacial score (nSPS) is 15.5. The zero-order valence-corrected chi connectivity index (χ0v) is 12.5. The number of amides is 1. The maximum absolute atomic E-state index is 12.2. The summed E-state index contributed by atoms with van der Waals surface area (Å²) in [7, 11) is 1.90. The molecule has 1 N–H and O–H groups in total. The summed E-state index contributed by atoms with van der Waals surface area (Å²) in [6, 6.07) is 1.95. The molecular formula is C14H23N5O. The van der Waals surface area contributed by atoms with Crippen LogP contribution < -0.4 is 10.2 Å². The van der Waals surface area contributed by atoms with Crippen molar-refractivity contribution >= 4 is 11.7 Å². The van der Waals surface area contributed by atoms with Crippen molar-refractivity contribution in [1.29, 1.82) is 0 Å². The minimum atomic E-state index is 0.152. The molecule has 0 spiro atoms. The summed E-state index contributed by atoms with van der Waals surface area (Å²) in [6.45, 7) is 7.87. The second-order valence-electron chi connectivity index (χ2n) is 5.44. The van der Waals surface area contributed by atoms with Crippen LogP contribution in [-0.2, 0) is 4.79 Å². The summed E-state index contributed by atoms with van der Waals surface area (Å²) >= 11 is 0. The minimum absolute atomic E-state index is 0.152. The molecule has 110 valence electrons. The number of anilines is 1. The lowest BCUT2D eigenvalue weighted by atomic mass is 10.1. The highest BCUT2D eigenvalue weighted by Crippen LogP contribution is 2.16. The first-order valence-corrected chi connectivity index (χ1v) is 7.09. The van der Waals surface area contributed by atoms with E-state index in [-0.39, 0.29) is 5.91 Å². The van der Waals surface area contributed by atoms with Gasteiger partial charge in [0.2, 0.25) is 5.91 Å². The molecule has 1 saturated heterocycles. The Morgan fingerprint density at radius 2 is 2.10 bits per heavy atom. The third-order valence-electron chi connectivity index (χ3n) is 3.50. The van der Waals surface area contributed by atoms with E-state index in [1.807, 2.05) is 22.9 Å². The molecule has 0 aliphatic carbocycles. The number of nitrogens with zero attached hydrogens (tertiary/aromatic N) is 4. The second kappa shape index (κ2) is 6.65. The van der Waals surface area contributed by atoms with Gasteiger partial charge in [-0.1, -0.05) is 13.8 Å². The van der Waals surface area contributed by atoms with Crippen LogP contribution in [0, 0.1) is 0 Å². The Kier molecular flexibility index (Phi) is 4.89. The maximum Gasteiger partial charge on any atom is 0.242 e. The molecule has 20 heavy (non-hydrogen) atoms. The van der Waals surface area contributed by atoms with Gasteiger partial charge in [0.05, 0.1) is 6.54 Å². The van der Waals surface area contributed by atoms with Gasteiger partial charge in [0.1, 0.15) is 12.1 Å². The number of carbonyl (C=O) groups excluding carboxylic acids is 1. The fraction of sp³-hybridized carbons (Fsp3) is 0.643. The van der Waals surface area contributed by atoms with Crippen molar-refractivity contribution in [3.8, 4) is 0 Å². The summed E-state index contributed by atoms with van der Waals surface area (Å²) in [4.78, 5) is 24.5. The quantitative estimate of drug-likeness (QED) is 0.867. The van der Waals surface area contributed by atoms with Crippen LogP contribution in [0.4, 0.5) is 5.82 Å². The van der Waals surface area contributed by atoms with Crippen LogP contribution in [-0.4, -0.2) is 60.5 Å². The summed E-state index contributed by atoms with van der Waals surface area (Å²) in [5, 5.41) is 3.25. The van der Waals surface area contributed by atoms with Crippen LogP contribution in [0.15, 0.2) is 12.4 Å². The molecule has 1 aliphatic heterocycles. The summed E-state index contributed by atoms with van der Waals surface area (Å²) in [6.07, 6.45) is 1.57. The number of piperazine rings is 1. The highest BCUT2D eigenvalue weighted by Gasteiger charge is 2.18. The molecule has 6 heteroatoms. The lowest BCUT2D eigenvalue weighted by molar-refractivity contribution is -0.130. The van der Waals surface area contributed by atoms with E-state index >= 15 is 0 Å². The van der Waals surface area contributed by atoms with Crippen molar-refractivity contribution in [2.45, 2.75) is 19.8 Å². The molecule has 1 aromatic heterocycles. The molecule has 2 rings (SSSR count). The molecule has 0 unspecified atom stereocenters. The predicted molar refractivity (Wildman–Crippen MR) is 78.8 cm³/mol. The predicted octanol–water partition coefficient (Wildman–Crippen LogP) is 0.468. The molecule has 2 heterocycles. The Balaban J connectivity index is 1.98. The number of carbonyl (C=O) groups is 1. The van der Waals surface area contributed by atoms with Gasteiger partial charge in [0.15, 0.2) is 0 Å². The number of likely N-dealkylation sites (N-methyl/N-ethyl adjacent to an activating group) is 1. The van der Waals surface area contributed by atoms with Gasteiger partial charge in [-0.15, -0.1) is 0 Å². The molecule has 1 aromatic rings. The van der Waals surface area contributed by atoms with Crippen LogP contribution in [0.5, 0.6) is 0 Å². The first-order valence-electron chi connectivity index (χ1n) is 7.09. The van der Waals surface area contributed by atoms with Gasteiger partial charge in [-0.2, -0.15) is 0 Å². The summed E-state index contributed by atoms with van der Waals surface area (Å²) in [5.41, 5.74) is 0.997. The molecule has 0 aromatic carbocycles. The zero-order chi connectivity index (χ0) is 14.5. The summed E-state index contributed by atoms with van der Waals surface area (Å²) < 4.78 is 0. The molecule has 0 atom stereocenters. The molecular weight excluding hydrogens is 254 g/mol. The van der Waals surface area contributed by atoms with Crippen molar-refractivity contribution in [1.82, 2.24) is 20.2 Å². The molecule has 1 amide bonds. The number of rotatable bonds is 4. The molecule has 0 saturated carbocycles. The third kappa shape index (κ3) is 3.66. The lowest BCUT2D eigenvalue weighted by Gasteiger charge is -2.29. The van der Waals surface area contributed by atoms with Crippen LogP contribution in [0.3, 0.4) is 0 Å². The average Bonchev–Trinajstić information content (AvgIpc) is 2.48. The molecule has 6 nitrogen and oxygen atoms in total. The monoisotopic (exact) mass is 277 g/mol. The number of aromatic nitrogens is 2. The van der Waals surface area contributed by atoms with E-state index in [4.69, 9.17) is 0 Å². The van der Waals surface area contributed by atoms with E-state index in [1.54, 1.807) is 6.33 Å². The SMILES string of the molecule is CC(C)c1cc(N(C)CC(=O)N2CCNCC2)ncn1. The Bertz CT molecular complexity index is 457. The van der Waals surface area contributed by atoms with Crippen molar-refractivity contribution in [2.75, 3.05) is 44.7 Å². The first-order chi connectivity index (χ1) is 9.58. The van der Waals surface area contributed by atoms with E-state index in [2.05, 4.69) is 29.1 Å². The smallest absolute Gasteiger partial charge is 0.242 e. The van der Waals surface area contributed by atoms with E-state index < -0.39 is 0 Å². The maximum atomic E-state index is 12.2. The molecule has 1 fully saturated rings. The minimum Gasteiger partial charge on any atom is -0.350 e. The fourth-order valence-electron chi connectivity index (χ4n) is 2.18. The van der Waals surface area contributed by atoms with E-state index in [0.717, 1.165) is 37.7 Å². The van der Waals surface area contributed by atoms with Gasteiger partial charge in [-0.25, -0.2) is 9.97 Å². The van der Waals surface area contributed by atoms with E-state index in [0.29, 0.717) is 12.5 Å². The van der Waals surface area contributed by atoms with Crippen molar-refractivity contribution in [3.05, 3.63) is 18.1 Å². The summed E-state index contributed by atoms with van der Waals surface area (Å²) in [5.74, 6) is 1.31. The van der Waals surface area contributed by atoms with Gasteiger partial charge in [-0.05, 0) is 5.92 Å². The van der Waals surface area contributed by atoms with Gasteiger partial charge in [0.25, 0.3) is 0 Å². The Morgan fingerprint density at radius 1 is 1.40 bits per heavy atom. The standard InChI is InChI=1S/C14H23N5O/c1-11(2)12-8-13(17-10-16-12)18(3)9-14(20)19-6-4-15-5-7-19/h8,10-11,15H,4-7,9H2,1-3H3. The van der Waals surface area contributed by atoms with Crippen molar-refractivity contribution in [3.63, 3.8) is 0 Å². The lowest BCUT2D eigenvalue weighted by Crippen LogP contribution is -2.49. The highest BCUT2D eigenvalue weighted by molar-refractivity contribution is 5.81. The number of nitrogens with one attached hydrogen (secondary N) is 1. The Hall–Kier alpha value is -1.69. The Labute approximate surface area is 120 Å². The fourth-order valence-corrected chi connectivity index (χ4v) is 2.18.